The quantitative estimate of drug-likeness (QED) is 0.161. The van der Waals surface area contributed by atoms with Crippen molar-refractivity contribution in [3.05, 3.63) is 69.9 Å². The Morgan fingerprint density at radius 3 is 1.34 bits per heavy atom. The molecular formula is C66H96O8. The van der Waals surface area contributed by atoms with Gasteiger partial charge in [0.15, 0.2) is 12.2 Å². The molecule has 0 aromatic rings. The fourth-order valence-corrected chi connectivity index (χ4v) is 18.9. The Morgan fingerprint density at radius 1 is 0.568 bits per heavy atom. The van der Waals surface area contributed by atoms with Crippen molar-refractivity contribution in [2.45, 2.75) is 223 Å². The van der Waals surface area contributed by atoms with E-state index in [0.717, 1.165) is 103 Å². The van der Waals surface area contributed by atoms with Gasteiger partial charge in [-0.05, 0) is 203 Å². The number of rotatable bonds is 11. The summed E-state index contributed by atoms with van der Waals surface area (Å²) in [6.07, 6.45) is 27.3. The fourth-order valence-electron chi connectivity index (χ4n) is 18.9. The summed E-state index contributed by atoms with van der Waals surface area (Å²) in [4.78, 5) is 45.7. The van der Waals surface area contributed by atoms with Gasteiger partial charge >= 0.3 is 17.9 Å². The molecule has 1 heterocycles. The molecule has 10 aliphatic rings. The average molecular weight is 1020 g/mol. The van der Waals surface area contributed by atoms with Crippen LogP contribution in [0.5, 0.6) is 0 Å². The van der Waals surface area contributed by atoms with Gasteiger partial charge in [0.2, 0.25) is 0 Å². The number of esters is 3. The average Bonchev–Trinajstić information content (AvgIpc) is 3.74. The van der Waals surface area contributed by atoms with Gasteiger partial charge in [-0.3, -0.25) is 14.4 Å². The molecule has 16 atom stereocenters. The number of carbonyl (C=O) groups excluding carboxylic acids is 3. The zero-order chi connectivity index (χ0) is 52.9. The molecule has 9 aliphatic carbocycles. The number of allylic oxidation sites excluding steroid dienone is 12. The summed E-state index contributed by atoms with van der Waals surface area (Å²) in [6.45, 7) is 27.0. The molecule has 1 saturated heterocycles. The highest BCUT2D eigenvalue weighted by Gasteiger charge is 2.62. The molecule has 0 aromatic carbocycles. The zero-order valence-electron chi connectivity index (χ0n) is 47.9. The number of hydrogen-bond acceptors (Lipinski definition) is 8. The third-order valence-electron chi connectivity index (χ3n) is 23.5. The van der Waals surface area contributed by atoms with Crippen LogP contribution >= 0.6 is 0 Å². The molecule has 0 spiro atoms. The van der Waals surface area contributed by atoms with Gasteiger partial charge in [-0.1, -0.05) is 135 Å². The van der Waals surface area contributed by atoms with Crippen LogP contribution in [-0.2, 0) is 33.3 Å². The van der Waals surface area contributed by atoms with E-state index >= 15 is 14.4 Å². The Labute approximate surface area is 446 Å². The van der Waals surface area contributed by atoms with Crippen molar-refractivity contribution in [3.63, 3.8) is 0 Å². The number of hydrogen-bond donors (Lipinski definition) is 1. The third-order valence-corrected chi connectivity index (χ3v) is 23.5. The van der Waals surface area contributed by atoms with Gasteiger partial charge in [-0.15, -0.1) is 0 Å². The molecular weight excluding hydrogens is 921 g/mol. The van der Waals surface area contributed by atoms with Crippen molar-refractivity contribution in [1.29, 1.82) is 0 Å². The molecule has 0 unspecified atom stereocenters. The van der Waals surface area contributed by atoms with Crippen LogP contribution in [-0.4, -0.2) is 60.6 Å². The first kappa shape index (κ1) is 54.1. The molecule has 3 saturated carbocycles. The number of fused-ring (bicyclic) bond motifs is 9. The van der Waals surface area contributed by atoms with E-state index in [2.05, 4.69) is 120 Å². The Balaban J connectivity index is 0.934. The van der Waals surface area contributed by atoms with E-state index in [-0.39, 0.29) is 65.1 Å². The molecule has 4 fully saturated rings. The molecule has 0 radical (unpaired) electrons. The minimum Gasteiger partial charge on any atom is -0.461 e. The minimum atomic E-state index is -1.14. The minimum absolute atomic E-state index is 0.0499. The maximum atomic E-state index is 15.5. The van der Waals surface area contributed by atoms with Crippen molar-refractivity contribution in [2.24, 2.45) is 85.8 Å². The second-order valence-electron chi connectivity index (χ2n) is 28.5. The Bertz CT molecular complexity index is 2410. The summed E-state index contributed by atoms with van der Waals surface area (Å²) in [6, 6.07) is 0. The van der Waals surface area contributed by atoms with E-state index in [1.165, 1.54) is 33.4 Å². The summed E-state index contributed by atoms with van der Waals surface area (Å²) in [5.74, 6) is 2.05. The van der Waals surface area contributed by atoms with Crippen molar-refractivity contribution >= 4 is 17.9 Å². The third kappa shape index (κ3) is 8.86. The van der Waals surface area contributed by atoms with Gasteiger partial charge < -0.3 is 24.1 Å². The van der Waals surface area contributed by atoms with Crippen LogP contribution in [0.2, 0.25) is 0 Å². The van der Waals surface area contributed by atoms with Gasteiger partial charge in [-0.25, -0.2) is 0 Å². The molecule has 1 N–H and O–H groups in total. The van der Waals surface area contributed by atoms with E-state index < -0.39 is 40.7 Å². The smallest absolute Gasteiger partial charge is 0.312 e. The largest absolute Gasteiger partial charge is 0.461 e. The lowest BCUT2D eigenvalue weighted by molar-refractivity contribution is -0.200. The monoisotopic (exact) mass is 1020 g/mol. The van der Waals surface area contributed by atoms with E-state index in [0.29, 0.717) is 48.3 Å². The molecule has 74 heavy (non-hydrogen) atoms. The molecule has 8 nitrogen and oxygen atoms in total. The van der Waals surface area contributed by atoms with Crippen LogP contribution in [0.25, 0.3) is 0 Å². The van der Waals surface area contributed by atoms with E-state index in [9.17, 15) is 5.11 Å². The van der Waals surface area contributed by atoms with Crippen molar-refractivity contribution in [3.8, 4) is 0 Å². The van der Waals surface area contributed by atoms with Gasteiger partial charge in [0.05, 0.1) is 22.9 Å². The van der Waals surface area contributed by atoms with E-state index in [1.807, 2.05) is 0 Å². The van der Waals surface area contributed by atoms with Crippen LogP contribution < -0.4 is 0 Å². The summed E-state index contributed by atoms with van der Waals surface area (Å²) in [7, 11) is 0. The van der Waals surface area contributed by atoms with Crippen LogP contribution in [0.15, 0.2) is 69.9 Å². The normalized spacial score (nSPS) is 43.1. The first-order chi connectivity index (χ1) is 35.0. The Morgan fingerprint density at radius 2 is 0.946 bits per heavy atom. The lowest BCUT2D eigenvalue weighted by Crippen LogP contribution is -2.56. The first-order valence-electron chi connectivity index (χ1n) is 30.1. The van der Waals surface area contributed by atoms with Crippen molar-refractivity contribution < 1.29 is 38.4 Å². The van der Waals surface area contributed by atoms with Crippen LogP contribution in [0.1, 0.15) is 199 Å². The standard InChI is InChI=1S/C66H96O8/c1-39(2)42-16-22-48-45(34-42)19-25-53-61(48,7)28-13-31-64(53,10)58(68)72-38-52(73-59(69)65(11)32-14-29-62(8)49-23-17-43(40(3)4)35-46(49)20-26-54(62)65)57-56(51(67)37-71-57)74-60(70)66(12)33-15-30-63(9)50-24-18-44(41(5)6)36-47(50)21-27-55(63)66/h19-21,34-36,39-41,48-57,67H,13-18,22-33,37-38H2,1-12H3/t48-,49-,50-,51-,52+,53+,54+,55+,56+,57+,61+,62+,63+,64+,65+,66+/m0/s1. The van der Waals surface area contributed by atoms with E-state index in [1.54, 1.807) is 0 Å². The first-order valence-corrected chi connectivity index (χ1v) is 30.1. The highest BCUT2D eigenvalue weighted by Crippen LogP contribution is 2.66. The maximum Gasteiger partial charge on any atom is 0.312 e. The van der Waals surface area contributed by atoms with Gasteiger partial charge in [0.25, 0.3) is 0 Å². The maximum absolute atomic E-state index is 15.5. The number of aliphatic hydroxyl groups is 1. The van der Waals surface area contributed by atoms with Gasteiger partial charge in [-0.2, -0.15) is 0 Å². The number of carbonyl (C=O) groups is 3. The summed E-state index contributed by atoms with van der Waals surface area (Å²) in [5.41, 5.74) is 6.31. The number of ether oxygens (including phenoxy) is 4. The van der Waals surface area contributed by atoms with Crippen molar-refractivity contribution in [1.82, 2.24) is 0 Å². The lowest BCUT2D eigenvalue weighted by atomic mass is 9.47. The highest BCUT2D eigenvalue weighted by atomic mass is 16.6. The highest BCUT2D eigenvalue weighted by molar-refractivity contribution is 5.79. The van der Waals surface area contributed by atoms with Crippen LogP contribution in [0.4, 0.5) is 0 Å². The molecule has 0 aromatic heterocycles. The molecule has 408 valence electrons. The predicted molar refractivity (Wildman–Crippen MR) is 292 cm³/mol. The fraction of sp³-hybridized carbons (Fsp3) is 0.773. The van der Waals surface area contributed by atoms with Crippen LogP contribution in [0, 0.1) is 85.8 Å². The molecule has 0 amide bonds. The Hall–Kier alpha value is -3.23. The zero-order valence-corrected chi connectivity index (χ0v) is 47.9. The SMILES string of the molecule is CC(C)C1=CC2=CC[C@@H]3[C@](C)(CCC[C@@]3(C)C(=O)OC[C@@H](OC(=O)[C@]3(C)CCC[C@@]4(C)[C@H]3CC=C3C=C(C(C)C)CC[C@@H]34)[C@H]3OC[C@H](O)[C@H]3OC(=O)[C@]3(C)CCC[C@@]4(C)[C@H]3CC=C3C=C(C(C)C)CC[C@@H]34)[C@H]2CC1. The second kappa shape index (κ2) is 19.9. The molecule has 8 heteroatoms. The van der Waals surface area contributed by atoms with E-state index in [4.69, 9.17) is 18.9 Å². The van der Waals surface area contributed by atoms with Crippen molar-refractivity contribution in [2.75, 3.05) is 13.2 Å². The number of aliphatic hydroxyl groups excluding tert-OH is 1. The topological polar surface area (TPSA) is 108 Å². The van der Waals surface area contributed by atoms with Gasteiger partial charge in [0, 0.05) is 0 Å². The summed E-state index contributed by atoms with van der Waals surface area (Å²) in [5, 5.41) is 11.9. The molecule has 0 bridgehead atoms. The summed E-state index contributed by atoms with van der Waals surface area (Å²) < 4.78 is 26.6. The predicted octanol–water partition coefficient (Wildman–Crippen LogP) is 14.5. The Kier molecular flexibility index (Phi) is 14.6. The van der Waals surface area contributed by atoms with Gasteiger partial charge in [0.1, 0.15) is 18.8 Å². The molecule has 10 rings (SSSR count). The summed E-state index contributed by atoms with van der Waals surface area (Å²) >= 11 is 0. The lowest BCUT2D eigenvalue weighted by Gasteiger charge is -2.57. The second-order valence-corrected chi connectivity index (χ2v) is 28.5. The van der Waals surface area contributed by atoms with Crippen LogP contribution in [0.3, 0.4) is 0 Å². The molecule has 1 aliphatic heterocycles.